The minimum absolute atomic E-state index is 0.242. The smallest absolute Gasteiger partial charge is 0.337 e. The van der Waals surface area contributed by atoms with Crippen LogP contribution < -0.4 is 10.2 Å². The molecule has 0 bridgehead atoms. The molecule has 40 heavy (non-hydrogen) atoms. The summed E-state index contributed by atoms with van der Waals surface area (Å²) >= 11 is 0. The predicted octanol–water partition coefficient (Wildman–Crippen LogP) is 5.51. The van der Waals surface area contributed by atoms with Crippen LogP contribution in [-0.4, -0.2) is 44.2 Å². The number of tetrazole rings is 1. The summed E-state index contributed by atoms with van der Waals surface area (Å²) < 4.78 is 7.72. The first-order valence-corrected chi connectivity index (χ1v) is 13.1. The molecule has 5 aromatic rings. The van der Waals surface area contributed by atoms with Gasteiger partial charge in [0.15, 0.2) is 5.82 Å². The molecule has 200 valence electrons. The van der Waals surface area contributed by atoms with Gasteiger partial charge in [0.1, 0.15) is 0 Å². The molecule has 1 aliphatic rings. The molecule has 6 rings (SSSR count). The number of aromatic carboxylic acids is 1. The molecule has 1 unspecified atom stereocenters. The van der Waals surface area contributed by atoms with E-state index in [1.54, 1.807) is 12.1 Å². The Balaban J connectivity index is 1.29. The number of hydrogen-bond acceptors (Lipinski definition) is 7. The summed E-state index contributed by atoms with van der Waals surface area (Å²) in [5, 5.41) is 25.7. The standard InChI is InChI=1S/C31H28N6O3/c1-2-40-31-32-27-14-8-13-26(30(38)39)28(27)36(31)19-22-15-17-23(18-16-22)24-11-6-7-12-25(24)29-33-34-35-37(29)20-21-9-4-3-5-10-21/h3-18,31-32H,2,19-20H2,1H3,(H,38,39). The fourth-order valence-corrected chi connectivity index (χ4v) is 5.10. The van der Waals surface area contributed by atoms with Crippen LogP contribution in [0.4, 0.5) is 11.4 Å². The van der Waals surface area contributed by atoms with E-state index in [0.29, 0.717) is 31.2 Å². The fourth-order valence-electron chi connectivity index (χ4n) is 5.10. The number of nitrogens with zero attached hydrogens (tertiary/aromatic N) is 5. The molecule has 0 aliphatic carbocycles. The van der Waals surface area contributed by atoms with Gasteiger partial charge in [-0.1, -0.05) is 84.9 Å². The molecule has 0 saturated carbocycles. The highest BCUT2D eigenvalue weighted by Crippen LogP contribution is 2.39. The second-order valence-corrected chi connectivity index (χ2v) is 9.48. The van der Waals surface area contributed by atoms with Gasteiger partial charge in [-0.15, -0.1) is 5.10 Å². The number of ether oxygens (including phenoxy) is 1. The normalized spacial score (nSPS) is 14.1. The van der Waals surface area contributed by atoms with Crippen LogP contribution in [0.25, 0.3) is 22.5 Å². The number of para-hydroxylation sites is 1. The zero-order chi connectivity index (χ0) is 27.5. The van der Waals surface area contributed by atoms with Crippen molar-refractivity contribution in [3.05, 3.63) is 114 Å². The van der Waals surface area contributed by atoms with Crippen molar-refractivity contribution in [1.29, 1.82) is 0 Å². The first kappa shape index (κ1) is 25.3. The number of benzene rings is 4. The van der Waals surface area contributed by atoms with Crippen molar-refractivity contribution >= 4 is 17.3 Å². The Hall–Kier alpha value is -5.02. The zero-order valence-electron chi connectivity index (χ0n) is 21.9. The first-order valence-electron chi connectivity index (χ1n) is 13.1. The molecule has 4 aromatic carbocycles. The third-order valence-corrected chi connectivity index (χ3v) is 6.93. The van der Waals surface area contributed by atoms with E-state index in [0.717, 1.165) is 33.5 Å². The molecule has 2 N–H and O–H groups in total. The topological polar surface area (TPSA) is 105 Å². The van der Waals surface area contributed by atoms with Gasteiger partial charge in [-0.05, 0) is 51.7 Å². The van der Waals surface area contributed by atoms with Gasteiger partial charge in [-0.2, -0.15) is 0 Å². The van der Waals surface area contributed by atoms with E-state index in [2.05, 4.69) is 63.3 Å². The third-order valence-electron chi connectivity index (χ3n) is 6.93. The van der Waals surface area contributed by atoms with E-state index >= 15 is 0 Å². The van der Waals surface area contributed by atoms with Gasteiger partial charge in [-0.3, -0.25) is 0 Å². The van der Waals surface area contributed by atoms with Crippen LogP contribution >= 0.6 is 0 Å². The highest BCUT2D eigenvalue weighted by molar-refractivity contribution is 5.99. The van der Waals surface area contributed by atoms with Crippen LogP contribution in [0.5, 0.6) is 0 Å². The van der Waals surface area contributed by atoms with Gasteiger partial charge < -0.3 is 20.1 Å². The second-order valence-electron chi connectivity index (χ2n) is 9.48. The Morgan fingerprint density at radius 3 is 2.35 bits per heavy atom. The lowest BCUT2D eigenvalue weighted by Crippen LogP contribution is -2.38. The van der Waals surface area contributed by atoms with Gasteiger partial charge in [0, 0.05) is 18.7 Å². The summed E-state index contributed by atoms with van der Waals surface area (Å²) in [5.74, 6) is -0.272. The number of rotatable bonds is 9. The summed E-state index contributed by atoms with van der Waals surface area (Å²) in [6.07, 6.45) is -0.454. The van der Waals surface area contributed by atoms with Crippen LogP contribution in [0, 0.1) is 0 Å². The summed E-state index contributed by atoms with van der Waals surface area (Å²) in [4.78, 5) is 13.9. The summed E-state index contributed by atoms with van der Waals surface area (Å²) in [6, 6.07) is 31.7. The third kappa shape index (κ3) is 4.90. The van der Waals surface area contributed by atoms with Crippen molar-refractivity contribution < 1.29 is 14.6 Å². The van der Waals surface area contributed by atoms with Crippen molar-refractivity contribution in [2.75, 3.05) is 16.8 Å². The second kappa shape index (κ2) is 11.0. The van der Waals surface area contributed by atoms with Crippen LogP contribution in [-0.2, 0) is 17.8 Å². The van der Waals surface area contributed by atoms with Crippen LogP contribution in [0.1, 0.15) is 28.4 Å². The molecule has 9 heteroatoms. The summed E-state index contributed by atoms with van der Waals surface area (Å²) in [5.41, 5.74) is 6.75. The first-order chi connectivity index (χ1) is 19.6. The van der Waals surface area contributed by atoms with E-state index in [1.165, 1.54) is 0 Å². The molecule has 1 atom stereocenters. The highest BCUT2D eigenvalue weighted by Gasteiger charge is 2.33. The number of aromatic nitrogens is 4. The average molecular weight is 533 g/mol. The van der Waals surface area contributed by atoms with Crippen molar-refractivity contribution in [2.24, 2.45) is 0 Å². The lowest BCUT2D eigenvalue weighted by molar-refractivity contribution is 0.0694. The van der Waals surface area contributed by atoms with Crippen molar-refractivity contribution in [2.45, 2.75) is 26.4 Å². The predicted molar refractivity (Wildman–Crippen MR) is 153 cm³/mol. The molecular formula is C31H28N6O3. The lowest BCUT2D eigenvalue weighted by Gasteiger charge is -2.27. The Morgan fingerprint density at radius 2 is 1.60 bits per heavy atom. The molecule has 0 saturated heterocycles. The van der Waals surface area contributed by atoms with E-state index in [9.17, 15) is 9.90 Å². The number of carboxylic acid groups (broad SMARTS) is 1. The number of carboxylic acids is 1. The Morgan fingerprint density at radius 1 is 0.875 bits per heavy atom. The molecule has 0 fully saturated rings. The van der Waals surface area contributed by atoms with E-state index in [1.807, 2.05) is 59.0 Å². The van der Waals surface area contributed by atoms with Gasteiger partial charge in [0.2, 0.25) is 6.35 Å². The van der Waals surface area contributed by atoms with Crippen molar-refractivity contribution in [3.8, 4) is 22.5 Å². The maximum atomic E-state index is 12.0. The summed E-state index contributed by atoms with van der Waals surface area (Å²) in [6.45, 7) is 3.46. The number of hydrogen-bond donors (Lipinski definition) is 2. The van der Waals surface area contributed by atoms with Crippen LogP contribution in [0.2, 0.25) is 0 Å². The SMILES string of the molecule is CCOC1Nc2cccc(C(=O)O)c2N1Cc1ccc(-c2ccccc2-c2nnnn2Cc2ccccc2)cc1. The Labute approximate surface area is 231 Å². The average Bonchev–Trinajstić information content (AvgIpc) is 3.58. The highest BCUT2D eigenvalue weighted by atomic mass is 16.5. The van der Waals surface area contributed by atoms with Crippen molar-refractivity contribution in [3.63, 3.8) is 0 Å². The van der Waals surface area contributed by atoms with Crippen LogP contribution in [0.3, 0.4) is 0 Å². The molecular weight excluding hydrogens is 504 g/mol. The minimum Gasteiger partial charge on any atom is -0.478 e. The van der Waals surface area contributed by atoms with E-state index in [4.69, 9.17) is 4.74 Å². The molecule has 1 aliphatic heterocycles. The number of carbonyl (C=O) groups is 1. The largest absolute Gasteiger partial charge is 0.478 e. The van der Waals surface area contributed by atoms with E-state index in [-0.39, 0.29) is 5.56 Å². The molecule has 1 aromatic heterocycles. The number of anilines is 2. The fraction of sp³-hybridized carbons (Fsp3) is 0.161. The van der Waals surface area contributed by atoms with Gasteiger partial charge >= 0.3 is 5.97 Å². The maximum Gasteiger partial charge on any atom is 0.337 e. The number of fused-ring (bicyclic) bond motifs is 1. The zero-order valence-corrected chi connectivity index (χ0v) is 21.9. The molecule has 0 amide bonds. The van der Waals surface area contributed by atoms with Crippen LogP contribution in [0.15, 0.2) is 97.1 Å². The molecule has 0 spiro atoms. The molecule has 0 radical (unpaired) electrons. The molecule has 9 nitrogen and oxygen atoms in total. The van der Waals surface area contributed by atoms with Gasteiger partial charge in [-0.25, -0.2) is 9.48 Å². The quantitative estimate of drug-likeness (QED) is 0.256. The minimum atomic E-state index is -0.970. The van der Waals surface area contributed by atoms with E-state index < -0.39 is 12.3 Å². The maximum absolute atomic E-state index is 12.0. The Kier molecular flexibility index (Phi) is 6.95. The lowest BCUT2D eigenvalue weighted by atomic mass is 9.98. The van der Waals surface area contributed by atoms with Gasteiger partial charge in [0.05, 0.1) is 23.5 Å². The molecule has 2 heterocycles. The van der Waals surface area contributed by atoms with Gasteiger partial charge in [0.25, 0.3) is 0 Å². The summed E-state index contributed by atoms with van der Waals surface area (Å²) in [7, 11) is 0. The monoisotopic (exact) mass is 532 g/mol. The van der Waals surface area contributed by atoms with Crippen molar-refractivity contribution in [1.82, 2.24) is 20.2 Å². The Bertz CT molecular complexity index is 1630. The number of nitrogens with one attached hydrogen (secondary N) is 1.